The first kappa shape index (κ1) is 32.0. The summed E-state index contributed by atoms with van der Waals surface area (Å²) in [7, 11) is 0. The van der Waals surface area contributed by atoms with E-state index in [1.54, 1.807) is 0 Å². The zero-order valence-electron chi connectivity index (χ0n) is 27.2. The highest BCUT2D eigenvalue weighted by atomic mass is 16.5. The SMILES string of the molecule is CC(C)(C)c1cc(CC2CCC(Cc3cc(C(C)(C)C)c(O)c(C(C)(C)C)c3)C2OC=O)cc(C(C)(C)C)c1O. The first-order chi connectivity index (χ1) is 18.1. The van der Waals surface area contributed by atoms with Crippen molar-refractivity contribution in [2.75, 3.05) is 0 Å². The predicted molar refractivity (Wildman–Crippen MR) is 166 cm³/mol. The smallest absolute Gasteiger partial charge is 0.293 e. The summed E-state index contributed by atoms with van der Waals surface area (Å²) >= 11 is 0. The van der Waals surface area contributed by atoms with Crippen molar-refractivity contribution < 1.29 is 19.7 Å². The Labute approximate surface area is 243 Å². The van der Waals surface area contributed by atoms with Crippen LogP contribution in [0.5, 0.6) is 11.5 Å². The monoisotopic (exact) mass is 550 g/mol. The van der Waals surface area contributed by atoms with E-state index in [-0.39, 0.29) is 39.6 Å². The van der Waals surface area contributed by atoms with Crippen molar-refractivity contribution >= 4 is 6.47 Å². The van der Waals surface area contributed by atoms with Gasteiger partial charge in [0.1, 0.15) is 17.6 Å². The largest absolute Gasteiger partial charge is 0.507 e. The Bertz CT molecular complexity index is 1050. The minimum Gasteiger partial charge on any atom is -0.507 e. The zero-order chi connectivity index (χ0) is 30.4. The van der Waals surface area contributed by atoms with Crippen LogP contribution < -0.4 is 0 Å². The van der Waals surface area contributed by atoms with Crippen LogP contribution in [0.25, 0.3) is 0 Å². The van der Waals surface area contributed by atoms with Gasteiger partial charge in [0.15, 0.2) is 0 Å². The molecule has 0 bridgehead atoms. The molecule has 1 fully saturated rings. The average molecular weight is 551 g/mol. The highest BCUT2D eigenvalue weighted by molar-refractivity contribution is 5.51. The fourth-order valence-corrected chi connectivity index (χ4v) is 6.38. The summed E-state index contributed by atoms with van der Waals surface area (Å²) in [4.78, 5) is 11.7. The molecule has 4 heteroatoms. The van der Waals surface area contributed by atoms with Gasteiger partial charge in [0.2, 0.25) is 0 Å². The van der Waals surface area contributed by atoms with Gasteiger partial charge in [-0.3, -0.25) is 4.79 Å². The molecule has 1 aliphatic rings. The Morgan fingerprint density at radius 3 is 1.12 bits per heavy atom. The number of aromatic hydroxyl groups is 2. The van der Waals surface area contributed by atoms with Crippen LogP contribution in [0.4, 0.5) is 0 Å². The summed E-state index contributed by atoms with van der Waals surface area (Å²) in [6.45, 7) is 26.3. The third-order valence-electron chi connectivity index (χ3n) is 8.62. The maximum absolute atomic E-state index is 11.7. The van der Waals surface area contributed by atoms with E-state index in [4.69, 9.17) is 4.74 Å². The Morgan fingerprint density at radius 2 is 0.900 bits per heavy atom. The first-order valence-electron chi connectivity index (χ1n) is 15.0. The molecule has 0 aliphatic heterocycles. The van der Waals surface area contributed by atoms with Gasteiger partial charge in [-0.05, 0) is 80.7 Å². The normalized spacial score (nSPS) is 20.6. The number of phenols is 2. The lowest BCUT2D eigenvalue weighted by atomic mass is 9.77. The number of carbonyl (C=O) groups is 1. The van der Waals surface area contributed by atoms with E-state index in [2.05, 4.69) is 107 Å². The molecule has 1 aliphatic carbocycles. The van der Waals surface area contributed by atoms with Crippen LogP contribution in [0.1, 0.15) is 129 Å². The molecule has 2 N–H and O–H groups in total. The molecule has 0 saturated heterocycles. The Morgan fingerprint density at radius 1 is 0.625 bits per heavy atom. The summed E-state index contributed by atoms with van der Waals surface area (Å²) in [6.07, 6.45) is 3.40. The van der Waals surface area contributed by atoms with Crippen LogP contribution in [-0.2, 0) is 44.0 Å². The van der Waals surface area contributed by atoms with Gasteiger partial charge in [0.05, 0.1) is 0 Å². The average Bonchev–Trinajstić information content (AvgIpc) is 3.13. The second kappa shape index (κ2) is 11.1. The second-order valence-electron chi connectivity index (χ2n) is 16.3. The van der Waals surface area contributed by atoms with E-state index in [0.29, 0.717) is 18.0 Å². The molecule has 3 rings (SSSR count). The van der Waals surface area contributed by atoms with E-state index in [1.807, 2.05) is 0 Å². The number of hydrogen-bond acceptors (Lipinski definition) is 4. The van der Waals surface area contributed by atoms with Gasteiger partial charge in [-0.25, -0.2) is 0 Å². The molecule has 0 amide bonds. The first-order valence-corrected chi connectivity index (χ1v) is 15.0. The second-order valence-corrected chi connectivity index (χ2v) is 16.3. The molecule has 0 heterocycles. The van der Waals surface area contributed by atoms with Crippen LogP contribution in [0.3, 0.4) is 0 Å². The number of hydrogen-bond donors (Lipinski definition) is 2. The van der Waals surface area contributed by atoms with Crippen molar-refractivity contribution in [3.8, 4) is 11.5 Å². The van der Waals surface area contributed by atoms with E-state index >= 15 is 0 Å². The molecule has 4 nitrogen and oxygen atoms in total. The summed E-state index contributed by atoms with van der Waals surface area (Å²) in [5, 5.41) is 22.4. The maximum atomic E-state index is 11.7. The van der Waals surface area contributed by atoms with Crippen LogP contribution in [0.15, 0.2) is 24.3 Å². The highest BCUT2D eigenvalue weighted by Crippen LogP contribution is 2.44. The van der Waals surface area contributed by atoms with Gasteiger partial charge in [-0.15, -0.1) is 0 Å². The lowest BCUT2D eigenvalue weighted by Gasteiger charge is -2.30. The molecule has 2 unspecified atom stereocenters. The summed E-state index contributed by atoms with van der Waals surface area (Å²) in [5.74, 6) is 1.21. The topological polar surface area (TPSA) is 66.8 Å². The molecule has 0 aromatic heterocycles. The van der Waals surface area contributed by atoms with Crippen molar-refractivity contribution in [1.82, 2.24) is 0 Å². The van der Waals surface area contributed by atoms with Crippen molar-refractivity contribution in [1.29, 1.82) is 0 Å². The lowest BCUT2D eigenvalue weighted by molar-refractivity contribution is -0.137. The van der Waals surface area contributed by atoms with Gasteiger partial charge < -0.3 is 14.9 Å². The molecule has 2 atom stereocenters. The molecule has 222 valence electrons. The molecule has 0 radical (unpaired) electrons. The van der Waals surface area contributed by atoms with Gasteiger partial charge >= 0.3 is 0 Å². The minimum absolute atomic E-state index is 0.174. The van der Waals surface area contributed by atoms with E-state index < -0.39 is 0 Å². The lowest BCUT2D eigenvalue weighted by Crippen LogP contribution is -2.28. The van der Waals surface area contributed by atoms with Gasteiger partial charge in [0, 0.05) is 11.8 Å². The zero-order valence-corrected chi connectivity index (χ0v) is 27.2. The predicted octanol–water partition coefficient (Wildman–Crippen LogP) is 8.64. The standard InChI is InChI=1S/C36H54O4/c1-33(2,3)26-17-22(18-27(30(26)38)34(4,5)6)15-24-13-14-25(32(24)40-21-37)16-23-19-28(35(7,8)9)31(39)29(20-23)36(10,11)12/h17-21,24-25,32,38-39H,13-16H2,1-12H3. The van der Waals surface area contributed by atoms with Crippen LogP contribution in [-0.4, -0.2) is 22.8 Å². The minimum atomic E-state index is -0.189. The quantitative estimate of drug-likeness (QED) is 0.353. The van der Waals surface area contributed by atoms with Crippen molar-refractivity contribution in [3.05, 3.63) is 57.6 Å². The molecule has 2 aromatic rings. The molecule has 1 saturated carbocycles. The van der Waals surface area contributed by atoms with Gasteiger partial charge in [-0.1, -0.05) is 107 Å². The maximum Gasteiger partial charge on any atom is 0.293 e. The van der Waals surface area contributed by atoms with Crippen molar-refractivity contribution in [3.63, 3.8) is 0 Å². The molecular weight excluding hydrogens is 496 g/mol. The fraction of sp³-hybridized carbons (Fsp3) is 0.639. The Hall–Kier alpha value is -2.49. The van der Waals surface area contributed by atoms with Gasteiger partial charge in [0.25, 0.3) is 6.47 Å². The summed E-state index contributed by atoms with van der Waals surface area (Å²) in [5.41, 5.74) is 5.47. The number of rotatable bonds is 6. The third kappa shape index (κ3) is 7.04. The van der Waals surface area contributed by atoms with Crippen LogP contribution in [0, 0.1) is 11.8 Å². The summed E-state index contributed by atoms with van der Waals surface area (Å²) in [6, 6.07) is 8.62. The summed E-state index contributed by atoms with van der Waals surface area (Å²) < 4.78 is 5.83. The number of benzene rings is 2. The fourth-order valence-electron chi connectivity index (χ4n) is 6.38. The molecule has 40 heavy (non-hydrogen) atoms. The van der Waals surface area contributed by atoms with Crippen molar-refractivity contribution in [2.45, 2.75) is 137 Å². The number of phenolic OH excluding ortho intramolecular Hbond substituents is 2. The molecule has 2 aromatic carbocycles. The van der Waals surface area contributed by atoms with E-state index in [1.165, 1.54) is 11.1 Å². The number of carbonyl (C=O) groups excluding carboxylic acids is 1. The van der Waals surface area contributed by atoms with Crippen molar-refractivity contribution in [2.24, 2.45) is 11.8 Å². The van der Waals surface area contributed by atoms with E-state index in [9.17, 15) is 15.0 Å². The number of ether oxygens (including phenoxy) is 1. The Kier molecular flexibility index (Phi) is 8.86. The highest BCUT2D eigenvalue weighted by Gasteiger charge is 2.39. The molecule has 0 spiro atoms. The Balaban J connectivity index is 1.97. The molecular formula is C36H54O4. The van der Waals surface area contributed by atoms with Gasteiger partial charge in [-0.2, -0.15) is 0 Å². The van der Waals surface area contributed by atoms with E-state index in [0.717, 1.165) is 47.9 Å². The van der Waals surface area contributed by atoms with Crippen LogP contribution in [0.2, 0.25) is 0 Å². The van der Waals surface area contributed by atoms with Crippen LogP contribution >= 0.6 is 0 Å². The third-order valence-corrected chi connectivity index (χ3v) is 8.62.